The van der Waals surface area contributed by atoms with Gasteiger partial charge >= 0.3 is 6.09 Å². The maximum absolute atomic E-state index is 15.1. The van der Waals surface area contributed by atoms with Crippen molar-refractivity contribution in [1.82, 2.24) is 15.1 Å². The highest BCUT2D eigenvalue weighted by Crippen LogP contribution is 2.44. The quantitative estimate of drug-likeness (QED) is 0.184. The van der Waals surface area contributed by atoms with Gasteiger partial charge < -0.3 is 29.2 Å². The van der Waals surface area contributed by atoms with Crippen LogP contribution in [0.25, 0.3) is 5.57 Å². The van der Waals surface area contributed by atoms with Crippen LogP contribution in [0.2, 0.25) is 0 Å². The first-order valence-electron chi connectivity index (χ1n) is 18.5. The summed E-state index contributed by atoms with van der Waals surface area (Å²) in [6, 6.07) is 17.4. The van der Waals surface area contributed by atoms with Crippen LogP contribution in [0.5, 0.6) is 17.2 Å². The van der Waals surface area contributed by atoms with Crippen molar-refractivity contribution in [2.45, 2.75) is 94.4 Å². The van der Waals surface area contributed by atoms with Gasteiger partial charge in [0.25, 0.3) is 5.91 Å². The van der Waals surface area contributed by atoms with E-state index in [1.54, 1.807) is 33.0 Å². The Balaban J connectivity index is 1.34. The fourth-order valence-electron chi connectivity index (χ4n) is 7.30. The van der Waals surface area contributed by atoms with Gasteiger partial charge in [-0.15, -0.1) is 0 Å². The molecule has 2 atom stereocenters. The maximum Gasteiger partial charge on any atom is 0.411 e. The van der Waals surface area contributed by atoms with Crippen molar-refractivity contribution in [1.29, 1.82) is 0 Å². The summed E-state index contributed by atoms with van der Waals surface area (Å²) in [6.45, 7) is 11.2. The zero-order chi connectivity index (χ0) is 38.9. The summed E-state index contributed by atoms with van der Waals surface area (Å²) >= 11 is 18.7. The van der Waals surface area contributed by atoms with E-state index in [0.717, 1.165) is 58.4 Å². The van der Waals surface area contributed by atoms with E-state index in [-0.39, 0.29) is 18.0 Å². The summed E-state index contributed by atoms with van der Waals surface area (Å²) in [5.74, 6) is 2.10. The molecule has 2 bridgehead atoms. The van der Waals surface area contributed by atoms with E-state index in [1.165, 1.54) is 5.56 Å². The lowest BCUT2D eigenvalue weighted by molar-refractivity contribution is -0.129. The molecule has 54 heavy (non-hydrogen) atoms. The van der Waals surface area contributed by atoms with Crippen molar-refractivity contribution in [3.8, 4) is 17.2 Å². The second-order valence-corrected chi connectivity index (χ2v) is 17.3. The van der Waals surface area contributed by atoms with Gasteiger partial charge in [-0.05, 0) is 105 Å². The Bertz CT molecular complexity index is 1880. The Labute approximate surface area is 333 Å². The predicted octanol–water partition coefficient (Wildman–Crippen LogP) is 8.53. The van der Waals surface area contributed by atoms with Crippen molar-refractivity contribution >= 4 is 52.4 Å². The summed E-state index contributed by atoms with van der Waals surface area (Å²) in [5, 5.41) is 3.46. The molecule has 2 aliphatic heterocycles. The minimum absolute atomic E-state index is 0.0597. The minimum Gasteiger partial charge on any atom is -0.497 e. The van der Waals surface area contributed by atoms with Crippen LogP contribution in [-0.2, 0) is 22.5 Å². The van der Waals surface area contributed by atoms with E-state index in [9.17, 15) is 4.79 Å². The molecule has 1 N–H and O–H groups in total. The van der Waals surface area contributed by atoms with E-state index in [2.05, 4.69) is 62.5 Å². The van der Waals surface area contributed by atoms with Gasteiger partial charge in [-0.25, -0.2) is 4.79 Å². The molecular weight excluding hydrogens is 749 g/mol. The molecule has 1 saturated carbocycles. The molecule has 0 radical (unpaired) electrons. The molecule has 9 nitrogen and oxygen atoms in total. The number of fused-ring (bicyclic) bond motifs is 2. The van der Waals surface area contributed by atoms with Gasteiger partial charge in [0.15, 0.2) is 5.60 Å². The number of carbonyl (C=O) groups excluding carboxylic acids is 2. The van der Waals surface area contributed by atoms with Gasteiger partial charge in [0.2, 0.25) is 3.79 Å². The molecule has 2 unspecified atom stereocenters. The number of amides is 2. The minimum atomic E-state index is -1.86. The van der Waals surface area contributed by atoms with Gasteiger partial charge in [0, 0.05) is 43.7 Å². The number of benzene rings is 3. The molecule has 0 aromatic heterocycles. The van der Waals surface area contributed by atoms with Gasteiger partial charge in [0.05, 0.1) is 32.9 Å². The number of nitrogens with one attached hydrogen (secondary N) is 1. The molecule has 0 spiro atoms. The number of carbonyl (C=O) groups is 2. The number of rotatable bonds is 12. The highest BCUT2D eigenvalue weighted by atomic mass is 35.6. The summed E-state index contributed by atoms with van der Waals surface area (Å²) in [7, 11) is 3.21. The Kier molecular flexibility index (Phi) is 12.0. The smallest absolute Gasteiger partial charge is 0.411 e. The van der Waals surface area contributed by atoms with Crippen LogP contribution in [-0.4, -0.2) is 83.2 Å². The molecule has 6 rings (SSSR count). The highest BCUT2D eigenvalue weighted by molar-refractivity contribution is 6.68. The monoisotopic (exact) mass is 797 g/mol. The normalized spacial score (nSPS) is 18.7. The third-order valence-electron chi connectivity index (χ3n) is 10.8. The number of aryl methyl sites for hydroxylation is 2. The Morgan fingerprint density at radius 2 is 1.54 bits per heavy atom. The van der Waals surface area contributed by atoms with Crippen LogP contribution in [0.3, 0.4) is 0 Å². The number of methoxy groups -OCH3 is 2. The predicted molar refractivity (Wildman–Crippen MR) is 214 cm³/mol. The number of nitrogens with zero attached hydrogens (tertiary/aromatic N) is 2. The number of hydrogen-bond donors (Lipinski definition) is 1. The molecule has 2 fully saturated rings. The number of alkyl halides is 3. The fraction of sp³-hybridized carbons (Fsp3) is 0.476. The standard InChI is InChI=1S/C42H50Cl3N3O6/c1-25-8-9-26(2)38(27(25)3)53-17-16-28-10-12-30(13-11-28)35-20-32-22-46-23-36(48(32)40(50)54-41(4,5)42(43,44)45)37(35)39(49)47(31-14-15-31)24-29-18-33(51-6)21-34(19-29)52-7/h8-13,18-19,21,31-32,36,46H,14-17,20,22-24H2,1-7H3. The molecule has 290 valence electrons. The molecule has 1 aliphatic carbocycles. The van der Waals surface area contributed by atoms with Crippen LogP contribution < -0.4 is 19.5 Å². The van der Waals surface area contributed by atoms with Crippen LogP contribution >= 0.6 is 34.8 Å². The highest BCUT2D eigenvalue weighted by Gasteiger charge is 2.50. The van der Waals surface area contributed by atoms with Crippen molar-refractivity contribution < 1.29 is 28.5 Å². The molecular formula is C42H50Cl3N3O6. The topological polar surface area (TPSA) is 89.6 Å². The van der Waals surface area contributed by atoms with Gasteiger partial charge in [-0.3, -0.25) is 9.69 Å². The first kappa shape index (κ1) is 40.0. The van der Waals surface area contributed by atoms with E-state index < -0.39 is 21.5 Å². The lowest BCUT2D eigenvalue weighted by atomic mass is 9.81. The van der Waals surface area contributed by atoms with E-state index in [0.29, 0.717) is 49.7 Å². The van der Waals surface area contributed by atoms with Crippen molar-refractivity contribution in [3.05, 3.63) is 93.6 Å². The molecule has 2 amide bonds. The van der Waals surface area contributed by atoms with Crippen LogP contribution in [0.15, 0.2) is 60.2 Å². The van der Waals surface area contributed by atoms with Gasteiger partial charge in [-0.2, -0.15) is 0 Å². The van der Waals surface area contributed by atoms with Gasteiger partial charge in [0.1, 0.15) is 17.2 Å². The molecule has 3 aliphatic rings. The maximum atomic E-state index is 15.1. The third-order valence-corrected chi connectivity index (χ3v) is 12.2. The second-order valence-electron chi connectivity index (χ2n) is 15.0. The van der Waals surface area contributed by atoms with E-state index in [1.807, 2.05) is 23.1 Å². The molecule has 2 heterocycles. The Morgan fingerprint density at radius 3 is 2.15 bits per heavy atom. The summed E-state index contributed by atoms with van der Waals surface area (Å²) in [4.78, 5) is 32.8. The number of ether oxygens (including phenoxy) is 4. The van der Waals surface area contributed by atoms with Crippen LogP contribution in [0, 0.1) is 20.8 Å². The molecule has 1 saturated heterocycles. The first-order valence-corrected chi connectivity index (χ1v) is 19.6. The second kappa shape index (κ2) is 16.2. The molecule has 12 heteroatoms. The zero-order valence-electron chi connectivity index (χ0n) is 32.1. The SMILES string of the molecule is COc1cc(CN(C(=O)C2=C(c3ccc(CCOc4c(C)ccc(C)c4C)cc3)CC3CNCC2N3C(=O)OC(C)(C)C(Cl)(Cl)Cl)C2CC2)cc(OC)c1. The van der Waals surface area contributed by atoms with Crippen molar-refractivity contribution in [3.63, 3.8) is 0 Å². The number of hydrogen-bond acceptors (Lipinski definition) is 7. The van der Waals surface area contributed by atoms with Crippen LogP contribution in [0.4, 0.5) is 4.79 Å². The average molecular weight is 799 g/mol. The Hall–Kier alpha value is -3.63. The fourth-order valence-corrected chi connectivity index (χ4v) is 7.42. The largest absolute Gasteiger partial charge is 0.497 e. The number of piperazine rings is 1. The third kappa shape index (κ3) is 8.60. The van der Waals surface area contributed by atoms with Gasteiger partial charge in [-0.1, -0.05) is 71.2 Å². The lowest BCUT2D eigenvalue weighted by Crippen LogP contribution is -2.64. The molecule has 3 aromatic carbocycles. The van der Waals surface area contributed by atoms with Crippen molar-refractivity contribution in [2.75, 3.05) is 33.9 Å². The average Bonchev–Trinajstić information content (AvgIpc) is 3.98. The summed E-state index contributed by atoms with van der Waals surface area (Å²) < 4.78 is 21.4. The zero-order valence-corrected chi connectivity index (χ0v) is 34.3. The van der Waals surface area contributed by atoms with E-state index >= 15 is 4.79 Å². The first-order chi connectivity index (χ1) is 25.6. The summed E-state index contributed by atoms with van der Waals surface area (Å²) in [5.41, 5.74) is 6.49. The van der Waals surface area contributed by atoms with Crippen LogP contribution in [0.1, 0.15) is 66.5 Å². The number of halogens is 3. The summed E-state index contributed by atoms with van der Waals surface area (Å²) in [6.07, 6.45) is 2.32. The van der Waals surface area contributed by atoms with E-state index in [4.69, 9.17) is 53.8 Å². The van der Waals surface area contributed by atoms with Crippen molar-refractivity contribution in [2.24, 2.45) is 0 Å². The molecule has 3 aromatic rings. The lowest BCUT2D eigenvalue weighted by Gasteiger charge is -2.48. The Morgan fingerprint density at radius 1 is 0.889 bits per heavy atom.